The number of rotatable bonds is 8. The quantitative estimate of drug-likeness (QED) is 0.154. The van der Waals surface area contributed by atoms with E-state index >= 15 is 0 Å². The van der Waals surface area contributed by atoms with Crippen LogP contribution in [0.3, 0.4) is 0 Å². The Labute approximate surface area is 322 Å². The standard InChI is InChI=1S/C44H24N2O8S2/c47-37-25-15-7-8-16-26(25)38(48)35(37)45-31-19-29-33(43(51)53-21-23-11-3-1-4-12-23)41-30(34(42(29)56-31)44(52)54-22-24-13-5-2-6-14-24)20-32(55-41)46-36-39(49)27-17-9-10-18-28(27)40(36)50/h1-20H,21-22H2. The highest BCUT2D eigenvalue weighted by Crippen LogP contribution is 2.46. The third-order valence-corrected chi connectivity index (χ3v) is 11.5. The number of carbonyl (C=O) groups excluding carboxylic acids is 2. The Morgan fingerprint density at radius 3 is 1.11 bits per heavy atom. The van der Waals surface area contributed by atoms with Crippen LogP contribution in [0.5, 0.6) is 0 Å². The molecule has 10 nitrogen and oxygen atoms in total. The molecule has 0 radical (unpaired) electrons. The van der Waals surface area contributed by atoms with Gasteiger partial charge in [-0.05, 0) is 23.3 Å². The molecule has 0 amide bonds. The summed E-state index contributed by atoms with van der Waals surface area (Å²) in [5.41, 5.74) is -0.505. The summed E-state index contributed by atoms with van der Waals surface area (Å²) in [6.45, 7) is -0.127. The van der Waals surface area contributed by atoms with Crippen LogP contribution in [0, 0.1) is 0 Å². The number of nitrogens with zero attached hydrogens (tertiary/aromatic N) is 2. The molecule has 2 heterocycles. The van der Waals surface area contributed by atoms with Gasteiger partial charge in [0.1, 0.15) is 23.2 Å². The van der Waals surface area contributed by atoms with E-state index in [1.807, 2.05) is 60.7 Å². The van der Waals surface area contributed by atoms with Crippen molar-refractivity contribution in [2.24, 2.45) is 9.98 Å². The maximum atomic E-state index is 14.2. The van der Waals surface area contributed by atoms with E-state index in [1.165, 1.54) is 12.1 Å². The molecular formula is C44H24N2O8S2. The first kappa shape index (κ1) is 34.7. The molecule has 270 valence electrons. The monoisotopic (exact) mass is 772 g/mol. The SMILES string of the molecule is O=C(OCc1ccccc1)c1c2cc(N=c3c(=O)c4ccccc4c3=O)sc2c(C(=O)OCc2ccccc2)c2cc(N=c3c(=O)c4ccccc4c3=O)sc12. The number of fused-ring (bicyclic) bond motifs is 4. The minimum absolute atomic E-state index is 0.0636. The van der Waals surface area contributed by atoms with Crippen molar-refractivity contribution in [2.45, 2.75) is 13.2 Å². The van der Waals surface area contributed by atoms with Crippen LogP contribution < -0.4 is 32.4 Å². The molecule has 0 aliphatic heterocycles. The van der Waals surface area contributed by atoms with Crippen LogP contribution in [-0.4, -0.2) is 11.9 Å². The van der Waals surface area contributed by atoms with Crippen molar-refractivity contribution in [3.8, 4) is 0 Å². The highest BCUT2D eigenvalue weighted by Gasteiger charge is 2.29. The van der Waals surface area contributed by atoms with Gasteiger partial charge < -0.3 is 9.47 Å². The molecule has 0 saturated heterocycles. The molecule has 0 N–H and O–H groups in total. The molecule has 0 atom stereocenters. The van der Waals surface area contributed by atoms with E-state index in [0.29, 0.717) is 0 Å². The second-order valence-electron chi connectivity index (χ2n) is 12.9. The first-order chi connectivity index (χ1) is 27.3. The number of hydrogen-bond donors (Lipinski definition) is 0. The summed E-state index contributed by atoms with van der Waals surface area (Å²) in [7, 11) is 0. The lowest BCUT2D eigenvalue weighted by Gasteiger charge is -2.11. The number of hydrogen-bond acceptors (Lipinski definition) is 12. The van der Waals surface area contributed by atoms with Crippen molar-refractivity contribution < 1.29 is 19.1 Å². The van der Waals surface area contributed by atoms with Gasteiger partial charge in [0, 0.05) is 32.3 Å². The summed E-state index contributed by atoms with van der Waals surface area (Å²) in [6, 6.07) is 34.2. The number of ether oxygens (including phenoxy) is 2. The van der Waals surface area contributed by atoms with Crippen LogP contribution in [0.4, 0.5) is 10.0 Å². The van der Waals surface area contributed by atoms with Crippen molar-refractivity contribution in [3.63, 3.8) is 0 Å². The summed E-state index contributed by atoms with van der Waals surface area (Å²) in [6.07, 6.45) is 0. The van der Waals surface area contributed by atoms with E-state index < -0.39 is 33.7 Å². The summed E-state index contributed by atoms with van der Waals surface area (Å²) in [4.78, 5) is 90.7. The second-order valence-corrected chi connectivity index (χ2v) is 14.9. The predicted molar refractivity (Wildman–Crippen MR) is 216 cm³/mol. The molecule has 0 aliphatic rings. The fourth-order valence-electron chi connectivity index (χ4n) is 6.75. The van der Waals surface area contributed by atoms with Gasteiger partial charge in [0.25, 0.3) is 0 Å². The maximum Gasteiger partial charge on any atom is 0.340 e. The molecule has 2 aromatic heterocycles. The van der Waals surface area contributed by atoms with Gasteiger partial charge in [0.2, 0.25) is 21.7 Å². The summed E-state index contributed by atoms with van der Waals surface area (Å²) in [5.74, 6) is -1.46. The molecule has 0 unspecified atom stereocenters. The molecule has 0 saturated carbocycles. The highest BCUT2D eigenvalue weighted by atomic mass is 32.1. The van der Waals surface area contributed by atoms with Gasteiger partial charge in [-0.15, -0.1) is 22.7 Å². The average molecular weight is 773 g/mol. The van der Waals surface area contributed by atoms with E-state index in [4.69, 9.17) is 9.47 Å². The van der Waals surface area contributed by atoms with Crippen molar-refractivity contribution in [3.05, 3.63) is 195 Å². The lowest BCUT2D eigenvalue weighted by molar-refractivity contribution is 0.0465. The first-order valence-corrected chi connectivity index (χ1v) is 18.9. The highest BCUT2D eigenvalue weighted by molar-refractivity contribution is 7.25. The minimum Gasteiger partial charge on any atom is -0.457 e. The van der Waals surface area contributed by atoms with Crippen LogP contribution in [-0.2, 0) is 22.7 Å². The Morgan fingerprint density at radius 2 is 0.768 bits per heavy atom. The Balaban J connectivity index is 1.29. The Morgan fingerprint density at radius 1 is 0.446 bits per heavy atom. The average Bonchev–Trinajstić information content (AvgIpc) is 3.96. The Kier molecular flexibility index (Phi) is 8.68. The Hall–Kier alpha value is -7.02. The van der Waals surface area contributed by atoms with Gasteiger partial charge in [-0.1, -0.05) is 109 Å². The topological polar surface area (TPSA) is 146 Å². The van der Waals surface area contributed by atoms with Crippen LogP contribution >= 0.6 is 22.7 Å². The molecule has 0 aliphatic carbocycles. The lowest BCUT2D eigenvalue weighted by atomic mass is 10.0. The fraction of sp³-hybridized carbons (Fsp3) is 0.0455. The first-order valence-electron chi connectivity index (χ1n) is 17.3. The summed E-state index contributed by atoms with van der Waals surface area (Å²) in [5, 5.41) is 1.31. The van der Waals surface area contributed by atoms with Gasteiger partial charge in [-0.25, -0.2) is 19.6 Å². The van der Waals surface area contributed by atoms with Gasteiger partial charge in [0.05, 0.1) is 20.5 Å². The largest absolute Gasteiger partial charge is 0.457 e. The van der Waals surface area contributed by atoms with Crippen LogP contribution in [0.25, 0.3) is 41.7 Å². The van der Waals surface area contributed by atoms with E-state index in [2.05, 4.69) is 9.98 Å². The van der Waals surface area contributed by atoms with Crippen molar-refractivity contribution in [1.82, 2.24) is 0 Å². The molecule has 12 heteroatoms. The van der Waals surface area contributed by atoms with Gasteiger partial charge in [-0.2, -0.15) is 0 Å². The van der Waals surface area contributed by atoms with Crippen molar-refractivity contribution in [2.75, 3.05) is 0 Å². The molecule has 0 spiro atoms. The molecule has 9 rings (SSSR count). The summed E-state index contributed by atoms with van der Waals surface area (Å²) < 4.78 is 12.3. The third kappa shape index (κ3) is 5.97. The third-order valence-electron chi connectivity index (χ3n) is 9.40. The van der Waals surface area contributed by atoms with Gasteiger partial charge in [-0.3, -0.25) is 19.2 Å². The molecular weight excluding hydrogens is 749 g/mol. The fourth-order valence-corrected chi connectivity index (χ4v) is 8.93. The normalized spacial score (nSPS) is 11.4. The number of carbonyl (C=O) groups is 2. The van der Waals surface area contributed by atoms with E-state index in [1.54, 1.807) is 48.5 Å². The van der Waals surface area contributed by atoms with Gasteiger partial charge >= 0.3 is 11.9 Å². The van der Waals surface area contributed by atoms with E-state index in [9.17, 15) is 28.8 Å². The number of benzene rings is 5. The van der Waals surface area contributed by atoms with E-state index in [0.717, 1.165) is 33.8 Å². The smallest absolute Gasteiger partial charge is 0.340 e. The molecule has 0 fully saturated rings. The zero-order valence-corrected chi connectivity index (χ0v) is 30.6. The van der Waals surface area contributed by atoms with Crippen LogP contribution in [0.1, 0.15) is 31.8 Å². The lowest BCUT2D eigenvalue weighted by Crippen LogP contribution is -2.31. The van der Waals surface area contributed by atoms with Crippen molar-refractivity contribution >= 4 is 86.3 Å². The van der Waals surface area contributed by atoms with Crippen LogP contribution in [0.2, 0.25) is 0 Å². The second kappa shape index (κ2) is 14.0. The summed E-state index contributed by atoms with van der Waals surface area (Å²) >= 11 is 2.00. The molecule has 56 heavy (non-hydrogen) atoms. The van der Waals surface area contributed by atoms with E-state index in [-0.39, 0.29) is 86.8 Å². The molecule has 0 bridgehead atoms. The van der Waals surface area contributed by atoms with Crippen molar-refractivity contribution in [1.29, 1.82) is 0 Å². The Bertz CT molecular complexity index is 3010. The number of thiophene rings is 2. The molecule has 9 aromatic rings. The van der Waals surface area contributed by atoms with Gasteiger partial charge in [0.15, 0.2) is 10.7 Å². The molecule has 7 aromatic carbocycles. The zero-order valence-electron chi connectivity index (χ0n) is 28.9. The minimum atomic E-state index is -0.730. The van der Waals surface area contributed by atoms with Crippen LogP contribution in [0.15, 0.2) is 150 Å². The number of esters is 2. The zero-order chi connectivity index (χ0) is 38.5. The predicted octanol–water partition coefficient (Wildman–Crippen LogP) is 6.79. The maximum absolute atomic E-state index is 14.2.